The van der Waals surface area contributed by atoms with Gasteiger partial charge in [0.1, 0.15) is 6.10 Å². The fourth-order valence-electron chi connectivity index (χ4n) is 2.63. The van der Waals surface area contributed by atoms with Crippen molar-refractivity contribution in [2.75, 3.05) is 7.11 Å². The summed E-state index contributed by atoms with van der Waals surface area (Å²) < 4.78 is 5.71. The summed E-state index contributed by atoms with van der Waals surface area (Å²) in [6.45, 7) is 0. The third-order valence-electron chi connectivity index (χ3n) is 3.49. The maximum atomic E-state index is 5.71. The molecule has 0 saturated heterocycles. The second-order valence-electron chi connectivity index (χ2n) is 4.55. The first kappa shape index (κ1) is 11.2. The van der Waals surface area contributed by atoms with Gasteiger partial charge in [-0.1, -0.05) is 60.7 Å². The molecular formula is C17H16O. The van der Waals surface area contributed by atoms with E-state index in [0.717, 1.165) is 6.42 Å². The molecule has 0 saturated carbocycles. The number of methoxy groups -OCH3 is 1. The lowest BCUT2D eigenvalue weighted by atomic mass is 9.96. The highest BCUT2D eigenvalue weighted by Gasteiger charge is 2.22. The van der Waals surface area contributed by atoms with Crippen LogP contribution in [0.15, 0.2) is 60.7 Å². The van der Waals surface area contributed by atoms with Crippen molar-refractivity contribution in [1.29, 1.82) is 0 Å². The van der Waals surface area contributed by atoms with Crippen LogP contribution >= 0.6 is 0 Å². The minimum Gasteiger partial charge on any atom is -0.372 e. The van der Waals surface area contributed by atoms with Crippen molar-refractivity contribution in [1.82, 2.24) is 0 Å². The number of rotatable bonds is 3. The molecule has 1 aliphatic carbocycles. The van der Waals surface area contributed by atoms with Gasteiger partial charge in [0, 0.05) is 7.11 Å². The number of fused-ring (bicyclic) bond motifs is 1. The number of hydrogen-bond acceptors (Lipinski definition) is 1. The van der Waals surface area contributed by atoms with Gasteiger partial charge in [0.05, 0.1) is 0 Å². The molecule has 0 fully saturated rings. The highest BCUT2D eigenvalue weighted by atomic mass is 16.5. The Morgan fingerprint density at radius 1 is 0.944 bits per heavy atom. The van der Waals surface area contributed by atoms with Crippen molar-refractivity contribution in [3.63, 3.8) is 0 Å². The van der Waals surface area contributed by atoms with Crippen molar-refractivity contribution in [3.05, 3.63) is 77.4 Å². The lowest BCUT2D eigenvalue weighted by Crippen LogP contribution is -2.03. The van der Waals surface area contributed by atoms with Crippen molar-refractivity contribution >= 4 is 5.57 Å². The van der Waals surface area contributed by atoms with Gasteiger partial charge in [-0.05, 0) is 28.7 Å². The van der Waals surface area contributed by atoms with Crippen molar-refractivity contribution in [2.45, 2.75) is 12.5 Å². The summed E-state index contributed by atoms with van der Waals surface area (Å²) in [6, 6.07) is 19.0. The SMILES string of the molecule is CO[C@H](C1=CCc2ccccc21)c1ccccc1. The lowest BCUT2D eigenvalue weighted by molar-refractivity contribution is 0.150. The predicted molar refractivity (Wildman–Crippen MR) is 74.3 cm³/mol. The summed E-state index contributed by atoms with van der Waals surface area (Å²) in [5.74, 6) is 0. The van der Waals surface area contributed by atoms with Gasteiger partial charge in [-0.3, -0.25) is 0 Å². The summed E-state index contributed by atoms with van der Waals surface area (Å²) >= 11 is 0. The Bertz CT molecular complexity index is 569. The van der Waals surface area contributed by atoms with E-state index >= 15 is 0 Å². The number of allylic oxidation sites excluding steroid dienone is 1. The molecule has 2 aromatic rings. The number of benzene rings is 2. The van der Waals surface area contributed by atoms with E-state index in [2.05, 4.69) is 54.6 Å². The highest BCUT2D eigenvalue weighted by molar-refractivity contribution is 5.76. The molecule has 3 rings (SSSR count). The maximum Gasteiger partial charge on any atom is 0.107 e. The van der Waals surface area contributed by atoms with Crippen LogP contribution in [0.1, 0.15) is 22.8 Å². The van der Waals surface area contributed by atoms with E-state index in [9.17, 15) is 0 Å². The van der Waals surface area contributed by atoms with Gasteiger partial charge < -0.3 is 4.74 Å². The van der Waals surface area contributed by atoms with Gasteiger partial charge in [-0.15, -0.1) is 0 Å². The quantitative estimate of drug-likeness (QED) is 0.782. The van der Waals surface area contributed by atoms with E-state index in [1.807, 2.05) is 6.07 Å². The molecule has 0 aromatic heterocycles. The molecule has 0 amide bonds. The van der Waals surface area contributed by atoms with Crippen LogP contribution in [0.3, 0.4) is 0 Å². The molecule has 0 heterocycles. The van der Waals surface area contributed by atoms with Gasteiger partial charge in [-0.2, -0.15) is 0 Å². The fraction of sp³-hybridized carbons (Fsp3) is 0.176. The number of hydrogen-bond donors (Lipinski definition) is 0. The molecule has 0 N–H and O–H groups in total. The molecule has 1 atom stereocenters. The number of ether oxygens (including phenoxy) is 1. The van der Waals surface area contributed by atoms with Crippen LogP contribution in [-0.4, -0.2) is 7.11 Å². The molecule has 90 valence electrons. The first-order valence-electron chi connectivity index (χ1n) is 6.26. The van der Waals surface area contributed by atoms with Gasteiger partial charge >= 0.3 is 0 Å². The topological polar surface area (TPSA) is 9.23 Å². The molecule has 0 radical (unpaired) electrons. The molecule has 0 unspecified atom stereocenters. The predicted octanol–water partition coefficient (Wildman–Crippen LogP) is 4.01. The summed E-state index contributed by atoms with van der Waals surface area (Å²) in [4.78, 5) is 0. The van der Waals surface area contributed by atoms with Crippen LogP contribution in [0.4, 0.5) is 0 Å². The largest absolute Gasteiger partial charge is 0.372 e. The van der Waals surface area contributed by atoms with Crippen molar-refractivity contribution in [2.24, 2.45) is 0 Å². The Morgan fingerprint density at radius 2 is 1.67 bits per heavy atom. The Hall–Kier alpha value is -1.86. The van der Waals surface area contributed by atoms with Gasteiger partial charge in [0.15, 0.2) is 0 Å². The second kappa shape index (κ2) is 4.79. The van der Waals surface area contributed by atoms with E-state index in [1.54, 1.807) is 7.11 Å². The molecule has 0 spiro atoms. The minimum absolute atomic E-state index is 0.0369. The zero-order valence-electron chi connectivity index (χ0n) is 10.5. The van der Waals surface area contributed by atoms with Crippen molar-refractivity contribution in [3.8, 4) is 0 Å². The lowest BCUT2D eigenvalue weighted by Gasteiger charge is -2.18. The van der Waals surface area contributed by atoms with Gasteiger partial charge in [-0.25, -0.2) is 0 Å². The zero-order chi connectivity index (χ0) is 12.4. The van der Waals surface area contributed by atoms with Crippen molar-refractivity contribution < 1.29 is 4.74 Å². The monoisotopic (exact) mass is 236 g/mol. The molecule has 2 aromatic carbocycles. The third-order valence-corrected chi connectivity index (χ3v) is 3.49. The van der Waals surface area contributed by atoms with E-state index in [-0.39, 0.29) is 6.10 Å². The molecule has 0 aliphatic heterocycles. The molecule has 18 heavy (non-hydrogen) atoms. The van der Waals surface area contributed by atoms with Crippen LogP contribution in [0.25, 0.3) is 5.57 Å². The average molecular weight is 236 g/mol. The summed E-state index contributed by atoms with van der Waals surface area (Å²) in [5, 5.41) is 0. The Kier molecular flexibility index (Phi) is 2.99. The highest BCUT2D eigenvalue weighted by Crippen LogP contribution is 2.38. The molecular weight excluding hydrogens is 220 g/mol. The molecule has 0 bridgehead atoms. The first-order chi connectivity index (χ1) is 8.90. The van der Waals surface area contributed by atoms with E-state index in [1.165, 1.54) is 22.3 Å². The first-order valence-corrected chi connectivity index (χ1v) is 6.26. The Balaban J connectivity index is 2.00. The van der Waals surface area contributed by atoms with Gasteiger partial charge in [0.25, 0.3) is 0 Å². The third kappa shape index (κ3) is 1.87. The van der Waals surface area contributed by atoms with Crippen LogP contribution in [-0.2, 0) is 11.2 Å². The summed E-state index contributed by atoms with van der Waals surface area (Å²) in [5.41, 5.74) is 5.22. The molecule has 1 heteroatoms. The fourth-order valence-corrected chi connectivity index (χ4v) is 2.63. The summed E-state index contributed by atoms with van der Waals surface area (Å²) in [7, 11) is 1.78. The van der Waals surface area contributed by atoms with Crippen LogP contribution in [0, 0.1) is 0 Å². The molecule has 1 aliphatic rings. The normalized spacial score (nSPS) is 15.1. The Morgan fingerprint density at radius 3 is 2.44 bits per heavy atom. The molecule has 1 nitrogen and oxygen atoms in total. The smallest absolute Gasteiger partial charge is 0.107 e. The van der Waals surface area contributed by atoms with Crippen LogP contribution < -0.4 is 0 Å². The Labute approximate surface area is 108 Å². The summed E-state index contributed by atoms with van der Waals surface area (Å²) in [6.07, 6.45) is 3.33. The van der Waals surface area contributed by atoms with Crippen LogP contribution in [0.5, 0.6) is 0 Å². The standard InChI is InChI=1S/C17H16O/c1-18-17(14-8-3-2-4-9-14)16-12-11-13-7-5-6-10-15(13)16/h2-10,12,17H,11H2,1H3/t17-/m0/s1. The van der Waals surface area contributed by atoms with E-state index in [4.69, 9.17) is 4.74 Å². The second-order valence-corrected chi connectivity index (χ2v) is 4.55. The van der Waals surface area contributed by atoms with Gasteiger partial charge in [0.2, 0.25) is 0 Å². The average Bonchev–Trinajstić information content (AvgIpc) is 2.85. The maximum absolute atomic E-state index is 5.71. The van der Waals surface area contributed by atoms with Crippen LogP contribution in [0.2, 0.25) is 0 Å². The van der Waals surface area contributed by atoms with E-state index < -0.39 is 0 Å². The zero-order valence-corrected chi connectivity index (χ0v) is 10.5. The minimum atomic E-state index is 0.0369. The van der Waals surface area contributed by atoms with E-state index in [0.29, 0.717) is 0 Å².